The van der Waals surface area contributed by atoms with Gasteiger partial charge in [0.2, 0.25) is 0 Å². The fourth-order valence-electron chi connectivity index (χ4n) is 4.57. The third-order valence-electron chi connectivity index (χ3n) is 8.25. The summed E-state index contributed by atoms with van der Waals surface area (Å²) in [5, 5.41) is 22.0. The number of H-pyrrole nitrogens is 1. The summed E-state index contributed by atoms with van der Waals surface area (Å²) in [4.78, 5) is 26.2. The monoisotopic (exact) mass is 606 g/mol. The van der Waals surface area contributed by atoms with Crippen LogP contribution in [0.2, 0.25) is 18.1 Å². The van der Waals surface area contributed by atoms with Crippen molar-refractivity contribution in [3.05, 3.63) is 45.3 Å². The number of rotatable bonds is 9. The second-order valence-electron chi connectivity index (χ2n) is 12.2. The maximum absolute atomic E-state index is 12.5. The van der Waals surface area contributed by atoms with Gasteiger partial charge in [0.1, 0.15) is 24.4 Å². The molecule has 0 radical (unpaired) electrons. The van der Waals surface area contributed by atoms with Crippen LogP contribution in [0, 0.1) is 5.92 Å². The number of hydrogen-bond donors (Lipinski definition) is 3. The topological polar surface area (TPSA) is 123 Å². The van der Waals surface area contributed by atoms with E-state index in [4.69, 9.17) is 25.5 Å². The summed E-state index contributed by atoms with van der Waals surface area (Å²) in [5.41, 5.74) is -0.113. The van der Waals surface area contributed by atoms with Crippen molar-refractivity contribution in [3.63, 3.8) is 0 Å². The number of nitrogens with one attached hydrogen (secondary N) is 1. The molecule has 1 saturated heterocycles. The molecule has 1 aromatic rings. The Morgan fingerprint density at radius 1 is 1.39 bits per heavy atom. The van der Waals surface area contributed by atoms with Crippen LogP contribution in [0.25, 0.3) is 0 Å². The molecule has 0 aromatic carbocycles. The third-order valence-corrected chi connectivity index (χ3v) is 17.6. The average molecular weight is 607 g/mol. The zero-order valence-corrected chi connectivity index (χ0v) is 27.0. The summed E-state index contributed by atoms with van der Waals surface area (Å²) in [7, 11) is -2.34. The van der Waals surface area contributed by atoms with E-state index in [1.165, 1.54) is 28.2 Å². The molecule has 1 aromatic heterocycles. The molecule has 13 heteroatoms. The number of hydrogen-bond acceptors (Lipinski definition) is 9. The molecule has 3 rings (SSSR count). The van der Waals surface area contributed by atoms with Gasteiger partial charge in [0, 0.05) is 17.0 Å². The highest BCUT2D eigenvalue weighted by molar-refractivity contribution is 8.63. The van der Waals surface area contributed by atoms with Crippen LogP contribution in [-0.4, -0.2) is 63.9 Å². The van der Waals surface area contributed by atoms with Gasteiger partial charge < -0.3 is 23.9 Å². The number of aliphatic hydroxyl groups is 2. The molecular formula is C25H43N2O7PS2Si. The zero-order valence-electron chi connectivity index (χ0n) is 23.4. The van der Waals surface area contributed by atoms with Gasteiger partial charge in [-0.3, -0.25) is 14.3 Å². The van der Waals surface area contributed by atoms with E-state index in [0.717, 1.165) is 18.4 Å². The van der Waals surface area contributed by atoms with Gasteiger partial charge in [-0.25, -0.2) is 4.79 Å². The molecule has 9 nitrogen and oxygen atoms in total. The second kappa shape index (κ2) is 12.1. The molecule has 1 aliphatic heterocycles. The number of nitrogens with zero attached hydrogens (tertiary/aromatic N) is 1. The SMILES string of the molecule is C=C(C)[C@@H]1CC[C@](C)(S[PH](=S)OC[C@H]2O[C@@H](n3ccc(=O)[nH]c3=O)[C@H](O)C2O[Si](C)(C)C(C)(C)C)[C@@H](O)C1. The Hall–Kier alpha value is -0.563. The lowest BCUT2D eigenvalue weighted by Gasteiger charge is -2.41. The Bertz CT molecular complexity index is 1150. The third kappa shape index (κ3) is 7.19. The van der Waals surface area contributed by atoms with E-state index >= 15 is 0 Å². The molecule has 216 valence electrons. The molecule has 2 heterocycles. The van der Waals surface area contributed by atoms with Crippen molar-refractivity contribution in [2.75, 3.05) is 6.61 Å². The van der Waals surface area contributed by atoms with Gasteiger partial charge in [-0.1, -0.05) is 56.1 Å². The first kappa shape index (κ1) is 32.0. The number of aromatic nitrogens is 2. The molecule has 2 fully saturated rings. The Morgan fingerprint density at radius 3 is 2.61 bits per heavy atom. The fourth-order valence-corrected chi connectivity index (χ4v) is 11.2. The minimum absolute atomic E-state index is 0.0797. The standard InChI is InChI=1S/C25H43N2O7PS2Si/c1-15(2)16-9-11-25(6,18(28)13-16)37-35(36)32-14-17-21(34-38(7,8)24(3,4)5)20(30)22(33-17)27-12-10-19(29)26-23(27)31/h10,12,16-18,20-22,28,30,35H,1,9,11,13-14H2,2-8H3,(H,26,29,31)/t16-,17-,18+,20-,21?,22-,25+/m1/s1. The minimum Gasteiger partial charge on any atom is -0.408 e. The molecule has 2 unspecified atom stereocenters. The van der Waals surface area contributed by atoms with E-state index in [1.54, 1.807) is 0 Å². The number of aliphatic hydroxyl groups excluding tert-OH is 2. The van der Waals surface area contributed by atoms with Gasteiger partial charge in [0.25, 0.3) is 5.56 Å². The second-order valence-corrected chi connectivity index (χ2v) is 22.5. The predicted molar refractivity (Wildman–Crippen MR) is 159 cm³/mol. The van der Waals surface area contributed by atoms with Crippen LogP contribution < -0.4 is 11.2 Å². The van der Waals surface area contributed by atoms with Gasteiger partial charge in [0.05, 0.1) is 12.7 Å². The van der Waals surface area contributed by atoms with Crippen LogP contribution in [0.5, 0.6) is 0 Å². The van der Waals surface area contributed by atoms with Crippen molar-refractivity contribution in [2.45, 2.75) is 107 Å². The zero-order chi connectivity index (χ0) is 28.6. The largest absolute Gasteiger partial charge is 0.408 e. The molecular weight excluding hydrogens is 563 g/mol. The molecule has 3 N–H and O–H groups in total. The van der Waals surface area contributed by atoms with Crippen LogP contribution in [0.15, 0.2) is 34.0 Å². The highest BCUT2D eigenvalue weighted by Crippen LogP contribution is 2.55. The van der Waals surface area contributed by atoms with E-state index in [9.17, 15) is 19.8 Å². The lowest BCUT2D eigenvalue weighted by molar-refractivity contribution is -0.0498. The first-order valence-electron chi connectivity index (χ1n) is 13.0. The van der Waals surface area contributed by atoms with E-state index in [1.807, 2.05) is 13.8 Å². The summed E-state index contributed by atoms with van der Waals surface area (Å²) in [6.45, 7) is 18.6. The average Bonchev–Trinajstić information content (AvgIpc) is 3.08. The van der Waals surface area contributed by atoms with Crippen LogP contribution in [0.3, 0.4) is 0 Å². The Balaban J connectivity index is 1.75. The van der Waals surface area contributed by atoms with Gasteiger partial charge in [-0.05, 0) is 57.2 Å². The highest BCUT2D eigenvalue weighted by Gasteiger charge is 2.51. The molecule has 38 heavy (non-hydrogen) atoms. The minimum atomic E-state index is -2.34. The van der Waals surface area contributed by atoms with E-state index in [0.29, 0.717) is 12.3 Å². The Kier molecular flexibility index (Phi) is 10.2. The normalized spacial score (nSPS) is 33.3. The summed E-state index contributed by atoms with van der Waals surface area (Å²) in [5.74, 6) is 0.315. The number of ether oxygens (including phenoxy) is 1. The maximum atomic E-state index is 12.5. The highest BCUT2D eigenvalue weighted by atomic mass is 32.9. The fraction of sp³-hybridized carbons (Fsp3) is 0.760. The summed E-state index contributed by atoms with van der Waals surface area (Å²) in [6, 6.07) is 1.21. The molecule has 8 atom stereocenters. The van der Waals surface area contributed by atoms with Crippen molar-refractivity contribution >= 4 is 37.6 Å². The first-order chi connectivity index (χ1) is 17.4. The van der Waals surface area contributed by atoms with Gasteiger partial charge in [0.15, 0.2) is 14.5 Å². The molecule has 0 bridgehead atoms. The molecule has 1 aliphatic carbocycles. The van der Waals surface area contributed by atoms with E-state index in [2.05, 4.69) is 45.4 Å². The van der Waals surface area contributed by atoms with Crippen molar-refractivity contribution in [1.82, 2.24) is 9.55 Å². The lowest BCUT2D eigenvalue weighted by atomic mass is 9.77. The molecule has 0 amide bonds. The van der Waals surface area contributed by atoms with Gasteiger partial charge in [-0.15, -0.1) is 0 Å². The summed E-state index contributed by atoms with van der Waals surface area (Å²) in [6.07, 6.45) is -2.21. The lowest BCUT2D eigenvalue weighted by Crippen LogP contribution is -2.50. The van der Waals surface area contributed by atoms with Gasteiger partial charge >= 0.3 is 5.69 Å². The van der Waals surface area contributed by atoms with Crippen molar-refractivity contribution in [1.29, 1.82) is 0 Å². The smallest absolute Gasteiger partial charge is 0.330 e. The summed E-state index contributed by atoms with van der Waals surface area (Å²) >= 11 is 7.24. The van der Waals surface area contributed by atoms with Crippen molar-refractivity contribution < 1.29 is 23.9 Å². The molecule has 2 aliphatic rings. The Labute approximate surface area is 235 Å². The first-order valence-corrected chi connectivity index (χ1v) is 20.0. The van der Waals surface area contributed by atoms with Crippen LogP contribution >= 0.6 is 17.5 Å². The van der Waals surface area contributed by atoms with E-state index < -0.39 is 61.1 Å². The van der Waals surface area contributed by atoms with Gasteiger partial charge in [-0.2, -0.15) is 0 Å². The van der Waals surface area contributed by atoms with Crippen LogP contribution in [-0.2, 0) is 25.5 Å². The van der Waals surface area contributed by atoms with Crippen LogP contribution in [0.4, 0.5) is 0 Å². The predicted octanol–water partition coefficient (Wildman–Crippen LogP) is 3.94. The maximum Gasteiger partial charge on any atom is 0.330 e. The quantitative estimate of drug-likeness (QED) is 0.218. The van der Waals surface area contributed by atoms with E-state index in [-0.39, 0.29) is 11.6 Å². The molecule has 0 spiro atoms. The van der Waals surface area contributed by atoms with Crippen molar-refractivity contribution in [3.8, 4) is 0 Å². The van der Waals surface area contributed by atoms with Crippen LogP contribution in [0.1, 0.15) is 60.1 Å². The molecule has 1 saturated carbocycles. The number of aromatic amines is 1. The number of allylic oxidation sites excluding steroid dienone is 1. The Morgan fingerprint density at radius 2 is 2.05 bits per heavy atom. The summed E-state index contributed by atoms with van der Waals surface area (Å²) < 4.78 is 19.6. The van der Waals surface area contributed by atoms with Crippen molar-refractivity contribution in [2.24, 2.45) is 5.92 Å².